The molecule has 0 spiro atoms. The monoisotopic (exact) mass is 309 g/mol. The van der Waals surface area contributed by atoms with Crippen LogP contribution in [0.4, 0.5) is 13.2 Å². The van der Waals surface area contributed by atoms with E-state index in [1.807, 2.05) is 0 Å². The Morgan fingerprint density at radius 1 is 1.05 bits per heavy atom. The largest absolute Gasteiger partial charge is 0.489 e. The molecule has 2 aromatic rings. The van der Waals surface area contributed by atoms with E-state index in [0.29, 0.717) is 11.6 Å². The highest BCUT2D eigenvalue weighted by molar-refractivity contribution is 5.78. The highest BCUT2D eigenvalue weighted by Gasteiger charge is 2.08. The molecule has 0 unspecified atom stereocenters. The first-order valence-electron chi connectivity index (χ1n) is 6.64. The lowest BCUT2D eigenvalue weighted by molar-refractivity contribution is -0.120. The van der Waals surface area contributed by atoms with E-state index in [1.165, 1.54) is 18.2 Å². The fourth-order valence-electron chi connectivity index (χ4n) is 1.82. The Morgan fingerprint density at radius 3 is 2.55 bits per heavy atom. The van der Waals surface area contributed by atoms with Gasteiger partial charge < -0.3 is 10.1 Å². The van der Waals surface area contributed by atoms with Crippen LogP contribution < -0.4 is 10.1 Å². The van der Waals surface area contributed by atoms with E-state index >= 15 is 0 Å². The second kappa shape index (κ2) is 7.49. The highest BCUT2D eigenvalue weighted by Crippen LogP contribution is 2.17. The van der Waals surface area contributed by atoms with Gasteiger partial charge in [0, 0.05) is 6.07 Å². The van der Waals surface area contributed by atoms with Gasteiger partial charge in [-0.15, -0.1) is 0 Å². The molecular weight excluding hydrogens is 295 g/mol. The van der Waals surface area contributed by atoms with Crippen LogP contribution in [0.25, 0.3) is 0 Å². The van der Waals surface area contributed by atoms with Crippen molar-refractivity contribution in [3.8, 4) is 5.75 Å². The summed E-state index contributed by atoms with van der Waals surface area (Å²) in [6.07, 6.45) is -0.0857. The maximum Gasteiger partial charge on any atom is 0.224 e. The molecule has 0 atom stereocenters. The standard InChI is InChI=1S/C16H14F3NO2/c17-12-5-6-15(14(19)10-12)22-8-7-20-16(21)9-11-3-1-2-4-13(11)18/h1-6,10H,7-9H2,(H,20,21). The van der Waals surface area contributed by atoms with Crippen molar-refractivity contribution in [1.29, 1.82) is 0 Å². The number of rotatable bonds is 6. The summed E-state index contributed by atoms with van der Waals surface area (Å²) in [5, 5.41) is 2.53. The maximum absolute atomic E-state index is 13.4. The summed E-state index contributed by atoms with van der Waals surface area (Å²) in [5.74, 6) is -2.40. The van der Waals surface area contributed by atoms with Gasteiger partial charge in [-0.3, -0.25) is 4.79 Å². The molecule has 0 aliphatic carbocycles. The molecule has 0 aliphatic rings. The molecule has 0 bridgehead atoms. The Morgan fingerprint density at radius 2 is 1.82 bits per heavy atom. The third-order valence-corrected chi connectivity index (χ3v) is 2.88. The topological polar surface area (TPSA) is 38.3 Å². The molecule has 0 saturated heterocycles. The third-order valence-electron chi connectivity index (χ3n) is 2.88. The van der Waals surface area contributed by atoms with E-state index in [1.54, 1.807) is 12.1 Å². The summed E-state index contributed by atoms with van der Waals surface area (Å²) in [5.41, 5.74) is 0.297. The van der Waals surface area contributed by atoms with Crippen molar-refractivity contribution >= 4 is 5.91 Å². The van der Waals surface area contributed by atoms with E-state index in [-0.39, 0.29) is 31.2 Å². The summed E-state index contributed by atoms with van der Waals surface area (Å²) in [6.45, 7) is 0.148. The van der Waals surface area contributed by atoms with Crippen molar-refractivity contribution in [3.05, 3.63) is 65.5 Å². The summed E-state index contributed by atoms with van der Waals surface area (Å²) < 4.78 is 44.4. The molecule has 0 heterocycles. The van der Waals surface area contributed by atoms with Crippen molar-refractivity contribution < 1.29 is 22.7 Å². The lowest BCUT2D eigenvalue weighted by Crippen LogP contribution is -2.29. The number of halogens is 3. The molecule has 0 aliphatic heterocycles. The van der Waals surface area contributed by atoms with Gasteiger partial charge in [0.25, 0.3) is 0 Å². The van der Waals surface area contributed by atoms with Crippen molar-refractivity contribution in [1.82, 2.24) is 5.32 Å². The zero-order valence-electron chi connectivity index (χ0n) is 11.6. The number of ether oxygens (including phenoxy) is 1. The summed E-state index contributed by atoms with van der Waals surface area (Å²) in [7, 11) is 0. The maximum atomic E-state index is 13.4. The van der Waals surface area contributed by atoms with Gasteiger partial charge in [0.2, 0.25) is 5.91 Å². The molecule has 3 nitrogen and oxygen atoms in total. The molecule has 1 N–H and O–H groups in total. The number of benzene rings is 2. The van der Waals surface area contributed by atoms with Crippen LogP contribution in [0.1, 0.15) is 5.56 Å². The van der Waals surface area contributed by atoms with Crippen LogP contribution in [0.2, 0.25) is 0 Å². The van der Waals surface area contributed by atoms with Gasteiger partial charge in [-0.1, -0.05) is 18.2 Å². The average Bonchev–Trinajstić information content (AvgIpc) is 2.48. The minimum absolute atomic E-state index is 0.0194. The van der Waals surface area contributed by atoms with Gasteiger partial charge in [0.1, 0.15) is 18.2 Å². The molecule has 2 aromatic carbocycles. The van der Waals surface area contributed by atoms with E-state index in [2.05, 4.69) is 5.32 Å². The van der Waals surface area contributed by atoms with E-state index in [9.17, 15) is 18.0 Å². The first-order valence-corrected chi connectivity index (χ1v) is 6.64. The number of hydrogen-bond donors (Lipinski definition) is 1. The fourth-order valence-corrected chi connectivity index (χ4v) is 1.82. The lowest BCUT2D eigenvalue weighted by Gasteiger charge is -2.09. The summed E-state index contributed by atoms with van der Waals surface area (Å²) in [4.78, 5) is 11.6. The second-order valence-electron chi connectivity index (χ2n) is 4.54. The van der Waals surface area contributed by atoms with Crippen LogP contribution >= 0.6 is 0 Å². The van der Waals surface area contributed by atoms with Gasteiger partial charge in [-0.25, -0.2) is 13.2 Å². The summed E-state index contributed by atoms with van der Waals surface area (Å²) >= 11 is 0. The van der Waals surface area contributed by atoms with Gasteiger partial charge >= 0.3 is 0 Å². The van der Waals surface area contributed by atoms with Gasteiger partial charge in [-0.2, -0.15) is 0 Å². The Labute approximate surface area is 125 Å². The van der Waals surface area contributed by atoms with Crippen LogP contribution in [0, 0.1) is 17.5 Å². The van der Waals surface area contributed by atoms with Gasteiger partial charge in [0.05, 0.1) is 13.0 Å². The molecule has 2 rings (SSSR count). The van der Waals surface area contributed by atoms with Crippen molar-refractivity contribution in [3.63, 3.8) is 0 Å². The zero-order valence-corrected chi connectivity index (χ0v) is 11.6. The third kappa shape index (κ3) is 4.51. The Kier molecular flexibility index (Phi) is 5.41. The highest BCUT2D eigenvalue weighted by atomic mass is 19.1. The smallest absolute Gasteiger partial charge is 0.224 e. The van der Waals surface area contributed by atoms with E-state index in [0.717, 1.165) is 6.07 Å². The van der Waals surface area contributed by atoms with E-state index < -0.39 is 17.5 Å². The lowest BCUT2D eigenvalue weighted by atomic mass is 10.1. The molecular formula is C16H14F3NO2. The second-order valence-corrected chi connectivity index (χ2v) is 4.54. The SMILES string of the molecule is O=C(Cc1ccccc1F)NCCOc1ccc(F)cc1F. The molecule has 0 fully saturated rings. The number of carbonyl (C=O) groups is 1. The normalized spacial score (nSPS) is 10.3. The first kappa shape index (κ1) is 15.9. The Hall–Kier alpha value is -2.50. The predicted molar refractivity (Wildman–Crippen MR) is 75.0 cm³/mol. The number of carbonyl (C=O) groups excluding carboxylic acids is 1. The van der Waals surface area contributed by atoms with Gasteiger partial charge in [-0.05, 0) is 23.8 Å². The molecule has 0 aromatic heterocycles. The Balaban J connectivity index is 1.74. The Bertz CT molecular complexity index is 662. The van der Waals surface area contributed by atoms with Crippen LogP contribution in [-0.4, -0.2) is 19.1 Å². The van der Waals surface area contributed by atoms with Crippen molar-refractivity contribution in [2.45, 2.75) is 6.42 Å². The number of hydrogen-bond acceptors (Lipinski definition) is 2. The van der Waals surface area contributed by atoms with Crippen molar-refractivity contribution in [2.75, 3.05) is 13.2 Å². The minimum atomic E-state index is -0.808. The van der Waals surface area contributed by atoms with Crippen LogP contribution in [0.3, 0.4) is 0 Å². The van der Waals surface area contributed by atoms with Crippen LogP contribution in [-0.2, 0) is 11.2 Å². The molecule has 116 valence electrons. The number of amides is 1. The molecule has 1 amide bonds. The predicted octanol–water partition coefficient (Wildman–Crippen LogP) is 2.84. The minimum Gasteiger partial charge on any atom is -0.489 e. The molecule has 22 heavy (non-hydrogen) atoms. The first-order chi connectivity index (χ1) is 10.6. The molecule has 0 radical (unpaired) electrons. The van der Waals surface area contributed by atoms with Gasteiger partial charge in [0.15, 0.2) is 11.6 Å². The number of nitrogens with one attached hydrogen (secondary N) is 1. The fraction of sp³-hybridized carbons (Fsp3) is 0.188. The van der Waals surface area contributed by atoms with Crippen molar-refractivity contribution in [2.24, 2.45) is 0 Å². The van der Waals surface area contributed by atoms with Crippen LogP contribution in [0.15, 0.2) is 42.5 Å². The summed E-state index contributed by atoms with van der Waals surface area (Å²) in [6, 6.07) is 8.96. The average molecular weight is 309 g/mol. The quantitative estimate of drug-likeness (QED) is 0.833. The molecule has 6 heteroatoms. The van der Waals surface area contributed by atoms with Crippen LogP contribution in [0.5, 0.6) is 5.75 Å². The zero-order chi connectivity index (χ0) is 15.9. The molecule has 0 saturated carbocycles. The van der Waals surface area contributed by atoms with E-state index in [4.69, 9.17) is 4.74 Å².